The Balaban J connectivity index is 1.62. The second-order valence-corrected chi connectivity index (χ2v) is 6.79. The van der Waals surface area contributed by atoms with Gasteiger partial charge in [-0.2, -0.15) is 5.10 Å². The van der Waals surface area contributed by atoms with E-state index >= 15 is 0 Å². The number of esters is 1. The number of ether oxygens (including phenoxy) is 2. The minimum Gasteiger partial charge on any atom is -0.493 e. The number of nitrogens with zero attached hydrogens (tertiary/aromatic N) is 3. The van der Waals surface area contributed by atoms with Crippen LogP contribution < -0.4 is 0 Å². The van der Waals surface area contributed by atoms with Crippen LogP contribution in [0.1, 0.15) is 22.8 Å². The van der Waals surface area contributed by atoms with Crippen LogP contribution in [0.15, 0.2) is 66.1 Å². The molecule has 2 aromatic carbocycles. The summed E-state index contributed by atoms with van der Waals surface area (Å²) in [5.41, 5.74) is 4.19. The summed E-state index contributed by atoms with van der Waals surface area (Å²) in [5, 5.41) is 4.42. The Morgan fingerprint density at radius 1 is 1.10 bits per heavy atom. The van der Waals surface area contributed by atoms with E-state index in [0.717, 1.165) is 33.9 Å². The van der Waals surface area contributed by atoms with E-state index in [1.54, 1.807) is 0 Å². The Bertz CT molecular complexity index is 1120. The van der Waals surface area contributed by atoms with Crippen molar-refractivity contribution in [2.24, 2.45) is 0 Å². The zero-order valence-corrected chi connectivity index (χ0v) is 16.5. The number of methoxy groups -OCH3 is 1. The van der Waals surface area contributed by atoms with Crippen molar-refractivity contribution >= 4 is 12.0 Å². The van der Waals surface area contributed by atoms with Gasteiger partial charge in [0.15, 0.2) is 11.5 Å². The molecular formula is C23H21N3O3. The molecule has 0 radical (unpaired) electrons. The van der Waals surface area contributed by atoms with Crippen molar-refractivity contribution in [1.29, 1.82) is 0 Å². The fourth-order valence-electron chi connectivity index (χ4n) is 3.33. The molecule has 6 nitrogen and oxygen atoms in total. The molecule has 1 aromatic heterocycles. The first-order valence-electron chi connectivity index (χ1n) is 9.29. The molecule has 29 heavy (non-hydrogen) atoms. The summed E-state index contributed by atoms with van der Waals surface area (Å²) in [5.74, 6) is 2.10. The molecule has 0 atom stereocenters. The summed E-state index contributed by atoms with van der Waals surface area (Å²) in [4.78, 5) is 15.9. The molecule has 6 heteroatoms. The fraction of sp³-hybridized carbons (Fsp3) is 0.174. The highest BCUT2D eigenvalue weighted by atomic mass is 16.6. The van der Waals surface area contributed by atoms with Crippen molar-refractivity contribution in [2.75, 3.05) is 7.11 Å². The van der Waals surface area contributed by atoms with Crippen molar-refractivity contribution in [2.45, 2.75) is 20.4 Å². The van der Waals surface area contributed by atoms with E-state index < -0.39 is 5.97 Å². The molecule has 0 saturated carbocycles. The number of aryl methyl sites for hydroxylation is 2. The van der Waals surface area contributed by atoms with Gasteiger partial charge in [0.05, 0.1) is 19.7 Å². The molecule has 146 valence electrons. The average Bonchev–Trinajstić information content (AvgIpc) is 3.23. The Labute approximate surface area is 169 Å². The summed E-state index contributed by atoms with van der Waals surface area (Å²) >= 11 is 0. The topological polar surface area (TPSA) is 66.2 Å². The maximum Gasteiger partial charge on any atom is 0.340 e. The quantitative estimate of drug-likeness (QED) is 0.618. The number of hydrogen-bond acceptors (Lipinski definition) is 5. The number of aromatic nitrogens is 3. The maximum absolute atomic E-state index is 11.5. The molecule has 1 aliphatic heterocycles. The van der Waals surface area contributed by atoms with Gasteiger partial charge in [0.25, 0.3) is 0 Å². The van der Waals surface area contributed by atoms with Crippen LogP contribution in [0.2, 0.25) is 0 Å². The second kappa shape index (κ2) is 7.75. The monoisotopic (exact) mass is 387 g/mol. The van der Waals surface area contributed by atoms with E-state index in [2.05, 4.69) is 34.3 Å². The van der Waals surface area contributed by atoms with Crippen LogP contribution in [0.4, 0.5) is 0 Å². The van der Waals surface area contributed by atoms with Crippen LogP contribution >= 0.6 is 0 Å². The lowest BCUT2D eigenvalue weighted by Crippen LogP contribution is -2.04. The molecule has 4 rings (SSSR count). The molecule has 0 N–H and O–H groups in total. The van der Waals surface area contributed by atoms with Gasteiger partial charge in [-0.3, -0.25) is 0 Å². The zero-order valence-electron chi connectivity index (χ0n) is 16.5. The standard InChI is InChI=1S/C23H21N3O3/c1-15-24-16(2)26(25-15)14-17-8-10-18(11-9-17)20-7-5-4-6-19(20)12-22-21(28-3)13-23(27)29-22/h4-13H,14H2,1-3H3/b22-12-. The van der Waals surface area contributed by atoms with Crippen LogP contribution in [-0.2, 0) is 20.8 Å². The predicted molar refractivity (Wildman–Crippen MR) is 110 cm³/mol. The van der Waals surface area contributed by atoms with Crippen molar-refractivity contribution < 1.29 is 14.3 Å². The molecular weight excluding hydrogens is 366 g/mol. The van der Waals surface area contributed by atoms with Gasteiger partial charge < -0.3 is 9.47 Å². The SMILES string of the molecule is COC1=CC(=O)O/C1=C\c1ccccc1-c1ccc(Cn2nc(C)nc2C)cc1. The van der Waals surface area contributed by atoms with Gasteiger partial charge in [-0.1, -0.05) is 48.5 Å². The number of rotatable bonds is 5. The van der Waals surface area contributed by atoms with Gasteiger partial charge in [0.2, 0.25) is 0 Å². The zero-order chi connectivity index (χ0) is 20.4. The molecule has 0 unspecified atom stereocenters. The Hall–Kier alpha value is -3.67. The summed E-state index contributed by atoms with van der Waals surface area (Å²) in [6, 6.07) is 16.3. The maximum atomic E-state index is 11.5. The highest BCUT2D eigenvalue weighted by Crippen LogP contribution is 2.29. The molecule has 0 saturated heterocycles. The van der Waals surface area contributed by atoms with Crippen LogP contribution in [0.5, 0.6) is 0 Å². The number of hydrogen-bond donors (Lipinski definition) is 0. The van der Waals surface area contributed by atoms with Gasteiger partial charge in [0.1, 0.15) is 11.6 Å². The van der Waals surface area contributed by atoms with Gasteiger partial charge in [-0.25, -0.2) is 14.5 Å². The first-order valence-corrected chi connectivity index (χ1v) is 9.29. The summed E-state index contributed by atoms with van der Waals surface area (Å²) in [6.07, 6.45) is 3.17. The summed E-state index contributed by atoms with van der Waals surface area (Å²) < 4.78 is 12.4. The Kier molecular flexibility index (Phi) is 4.99. The first kappa shape index (κ1) is 18.7. The molecule has 1 aliphatic rings. The highest BCUT2D eigenvalue weighted by Gasteiger charge is 2.21. The molecule has 0 fully saturated rings. The van der Waals surface area contributed by atoms with Gasteiger partial charge in [-0.15, -0.1) is 0 Å². The Morgan fingerprint density at radius 3 is 2.55 bits per heavy atom. The second-order valence-electron chi connectivity index (χ2n) is 6.79. The minimum absolute atomic E-state index is 0.415. The van der Waals surface area contributed by atoms with Crippen molar-refractivity contribution in [3.8, 4) is 11.1 Å². The van der Waals surface area contributed by atoms with Gasteiger partial charge >= 0.3 is 5.97 Å². The lowest BCUT2D eigenvalue weighted by Gasteiger charge is -2.10. The van der Waals surface area contributed by atoms with E-state index in [9.17, 15) is 4.79 Å². The van der Waals surface area contributed by atoms with E-state index in [-0.39, 0.29) is 0 Å². The van der Waals surface area contributed by atoms with Crippen LogP contribution in [0, 0.1) is 13.8 Å². The largest absolute Gasteiger partial charge is 0.493 e. The molecule has 0 amide bonds. The third kappa shape index (κ3) is 3.96. The van der Waals surface area contributed by atoms with E-state index in [0.29, 0.717) is 18.1 Å². The lowest BCUT2D eigenvalue weighted by atomic mass is 9.98. The summed E-state index contributed by atoms with van der Waals surface area (Å²) in [6.45, 7) is 4.52. The molecule has 0 bridgehead atoms. The smallest absolute Gasteiger partial charge is 0.340 e. The molecule has 3 aromatic rings. The fourth-order valence-corrected chi connectivity index (χ4v) is 3.33. The number of carbonyl (C=O) groups is 1. The van der Waals surface area contributed by atoms with Gasteiger partial charge in [0, 0.05) is 0 Å². The molecule has 0 aliphatic carbocycles. The molecule has 0 spiro atoms. The summed E-state index contributed by atoms with van der Waals surface area (Å²) in [7, 11) is 1.52. The van der Waals surface area contributed by atoms with Crippen molar-refractivity contribution in [1.82, 2.24) is 14.8 Å². The van der Waals surface area contributed by atoms with E-state index in [1.807, 2.05) is 48.9 Å². The van der Waals surface area contributed by atoms with E-state index in [4.69, 9.17) is 9.47 Å². The third-order valence-electron chi connectivity index (χ3n) is 4.73. The first-order chi connectivity index (χ1) is 14.0. The van der Waals surface area contributed by atoms with Crippen LogP contribution in [0.3, 0.4) is 0 Å². The minimum atomic E-state index is -0.423. The normalized spacial score (nSPS) is 14.8. The highest BCUT2D eigenvalue weighted by molar-refractivity contribution is 5.89. The number of benzene rings is 2. The van der Waals surface area contributed by atoms with E-state index in [1.165, 1.54) is 13.2 Å². The lowest BCUT2D eigenvalue weighted by molar-refractivity contribution is -0.132. The van der Waals surface area contributed by atoms with Crippen LogP contribution in [-0.4, -0.2) is 27.8 Å². The number of carbonyl (C=O) groups excluding carboxylic acids is 1. The Morgan fingerprint density at radius 2 is 1.86 bits per heavy atom. The third-order valence-corrected chi connectivity index (χ3v) is 4.73. The predicted octanol–water partition coefficient (Wildman–Crippen LogP) is 4.04. The van der Waals surface area contributed by atoms with Crippen molar-refractivity contribution in [3.63, 3.8) is 0 Å². The molecule has 2 heterocycles. The van der Waals surface area contributed by atoms with Crippen LogP contribution in [0.25, 0.3) is 17.2 Å². The van der Waals surface area contributed by atoms with Crippen molar-refractivity contribution in [3.05, 3.63) is 88.9 Å². The average molecular weight is 387 g/mol. The van der Waals surface area contributed by atoms with Gasteiger partial charge in [-0.05, 0) is 42.2 Å². The number of cyclic esters (lactones) is 1.